The lowest BCUT2D eigenvalue weighted by Crippen LogP contribution is -1.97. The van der Waals surface area contributed by atoms with Crippen molar-refractivity contribution in [2.45, 2.75) is 37.9 Å². The van der Waals surface area contributed by atoms with E-state index in [1.807, 2.05) is 0 Å². The van der Waals surface area contributed by atoms with Gasteiger partial charge in [0.15, 0.2) is 0 Å². The Hall–Kier alpha value is -0.870. The van der Waals surface area contributed by atoms with Crippen LogP contribution in [0.5, 0.6) is 0 Å². The van der Waals surface area contributed by atoms with E-state index in [-0.39, 0.29) is 0 Å². The molecule has 2 aliphatic rings. The molecule has 84 valence electrons. The highest BCUT2D eigenvalue weighted by Crippen LogP contribution is 2.24. The Morgan fingerprint density at radius 1 is 1.20 bits per heavy atom. The van der Waals surface area contributed by atoms with Gasteiger partial charge in [0.2, 0.25) is 0 Å². The van der Waals surface area contributed by atoms with Crippen molar-refractivity contribution >= 4 is 5.97 Å². The molecule has 2 fully saturated rings. The minimum atomic E-state index is -0.849. The fourth-order valence-corrected chi connectivity index (χ4v) is 1.61. The standard InChI is InChI=1S/C11H16O4/c12-11(13)5-8(1-3-9-6-14-9)2-4-10-7-15-10/h5,9-10H,1-4,6-7H2,(H,12,13). The number of aliphatic carboxylic acids is 1. The maximum absolute atomic E-state index is 10.6. The van der Waals surface area contributed by atoms with Crippen LogP contribution in [0.15, 0.2) is 11.6 Å². The number of carboxylic acids is 1. The highest BCUT2D eigenvalue weighted by atomic mass is 16.6. The zero-order valence-electron chi connectivity index (χ0n) is 8.65. The molecule has 2 atom stereocenters. The van der Waals surface area contributed by atoms with Gasteiger partial charge in [-0.2, -0.15) is 0 Å². The number of hydrogen-bond donors (Lipinski definition) is 1. The first kappa shape index (κ1) is 10.6. The number of carboxylic acid groups (broad SMARTS) is 1. The zero-order valence-corrected chi connectivity index (χ0v) is 8.65. The van der Waals surface area contributed by atoms with E-state index in [1.54, 1.807) is 0 Å². The van der Waals surface area contributed by atoms with Crippen molar-refractivity contribution < 1.29 is 19.4 Å². The molecule has 2 saturated heterocycles. The predicted molar refractivity (Wildman–Crippen MR) is 53.7 cm³/mol. The largest absolute Gasteiger partial charge is 0.478 e. The number of allylic oxidation sites excluding steroid dienone is 1. The lowest BCUT2D eigenvalue weighted by Gasteiger charge is -2.04. The monoisotopic (exact) mass is 212 g/mol. The van der Waals surface area contributed by atoms with Gasteiger partial charge in [0.25, 0.3) is 0 Å². The molecule has 1 N–H and O–H groups in total. The Balaban J connectivity index is 1.73. The van der Waals surface area contributed by atoms with Crippen LogP contribution in [-0.4, -0.2) is 36.5 Å². The summed E-state index contributed by atoms with van der Waals surface area (Å²) in [5.74, 6) is -0.849. The first-order valence-corrected chi connectivity index (χ1v) is 5.39. The van der Waals surface area contributed by atoms with Crippen LogP contribution in [0.2, 0.25) is 0 Å². The third kappa shape index (κ3) is 4.44. The van der Waals surface area contributed by atoms with Gasteiger partial charge in [-0.05, 0) is 25.7 Å². The van der Waals surface area contributed by atoms with Crippen molar-refractivity contribution in [1.82, 2.24) is 0 Å². The second-order valence-electron chi connectivity index (χ2n) is 4.13. The van der Waals surface area contributed by atoms with Crippen LogP contribution < -0.4 is 0 Å². The summed E-state index contributed by atoms with van der Waals surface area (Å²) in [6.45, 7) is 1.68. The van der Waals surface area contributed by atoms with Gasteiger partial charge in [0, 0.05) is 6.08 Å². The fraction of sp³-hybridized carbons (Fsp3) is 0.727. The maximum atomic E-state index is 10.6. The number of rotatable bonds is 7. The van der Waals surface area contributed by atoms with Crippen molar-refractivity contribution in [3.8, 4) is 0 Å². The van der Waals surface area contributed by atoms with E-state index in [0.717, 1.165) is 44.5 Å². The van der Waals surface area contributed by atoms with Crippen LogP contribution in [0.3, 0.4) is 0 Å². The number of carbonyl (C=O) groups is 1. The molecule has 0 spiro atoms. The van der Waals surface area contributed by atoms with E-state index in [4.69, 9.17) is 14.6 Å². The zero-order chi connectivity index (χ0) is 10.7. The minimum Gasteiger partial charge on any atom is -0.478 e. The summed E-state index contributed by atoms with van der Waals surface area (Å²) in [6.07, 6.45) is 5.66. The van der Waals surface area contributed by atoms with Gasteiger partial charge >= 0.3 is 5.97 Å². The first-order valence-electron chi connectivity index (χ1n) is 5.39. The predicted octanol–water partition coefficient (Wildman–Crippen LogP) is 1.36. The summed E-state index contributed by atoms with van der Waals surface area (Å²) in [7, 11) is 0. The van der Waals surface area contributed by atoms with Crippen molar-refractivity contribution in [3.63, 3.8) is 0 Å². The molecule has 0 aromatic carbocycles. The van der Waals surface area contributed by atoms with Gasteiger partial charge in [0.05, 0.1) is 25.4 Å². The Labute approximate surface area is 88.9 Å². The molecule has 0 amide bonds. The van der Waals surface area contributed by atoms with E-state index in [9.17, 15) is 4.79 Å². The summed E-state index contributed by atoms with van der Waals surface area (Å²) in [4.78, 5) is 10.6. The van der Waals surface area contributed by atoms with Crippen LogP contribution in [0.1, 0.15) is 25.7 Å². The Morgan fingerprint density at radius 2 is 1.67 bits per heavy atom. The topological polar surface area (TPSA) is 62.4 Å². The van der Waals surface area contributed by atoms with Crippen LogP contribution in [0, 0.1) is 0 Å². The lowest BCUT2D eigenvalue weighted by molar-refractivity contribution is -0.131. The average molecular weight is 212 g/mol. The molecule has 0 aromatic heterocycles. The Morgan fingerprint density at radius 3 is 2.00 bits per heavy atom. The molecule has 2 heterocycles. The van der Waals surface area contributed by atoms with E-state index in [0.29, 0.717) is 12.2 Å². The molecule has 4 heteroatoms. The van der Waals surface area contributed by atoms with Crippen LogP contribution in [-0.2, 0) is 14.3 Å². The van der Waals surface area contributed by atoms with Gasteiger partial charge < -0.3 is 14.6 Å². The maximum Gasteiger partial charge on any atom is 0.328 e. The number of epoxide rings is 2. The van der Waals surface area contributed by atoms with E-state index >= 15 is 0 Å². The van der Waals surface area contributed by atoms with Gasteiger partial charge in [-0.1, -0.05) is 5.57 Å². The van der Waals surface area contributed by atoms with Crippen molar-refractivity contribution in [1.29, 1.82) is 0 Å². The molecule has 0 saturated carbocycles. The van der Waals surface area contributed by atoms with E-state index < -0.39 is 5.97 Å². The smallest absolute Gasteiger partial charge is 0.328 e. The molecule has 0 aromatic rings. The Bertz CT molecular complexity index is 246. The van der Waals surface area contributed by atoms with Gasteiger partial charge in [-0.3, -0.25) is 0 Å². The van der Waals surface area contributed by atoms with Gasteiger partial charge in [-0.25, -0.2) is 4.79 Å². The number of hydrogen-bond acceptors (Lipinski definition) is 3. The lowest BCUT2D eigenvalue weighted by atomic mass is 10.0. The van der Waals surface area contributed by atoms with Gasteiger partial charge in [-0.15, -0.1) is 0 Å². The van der Waals surface area contributed by atoms with Crippen molar-refractivity contribution in [2.75, 3.05) is 13.2 Å². The normalized spacial score (nSPS) is 27.2. The summed E-state index contributed by atoms with van der Waals surface area (Å²) < 4.78 is 10.2. The highest BCUT2D eigenvalue weighted by molar-refractivity contribution is 5.80. The SMILES string of the molecule is O=C(O)C=C(CCC1CO1)CCC1CO1. The van der Waals surface area contributed by atoms with Crippen LogP contribution in [0.4, 0.5) is 0 Å². The molecule has 2 unspecified atom stereocenters. The minimum absolute atomic E-state index is 0.374. The van der Waals surface area contributed by atoms with E-state index in [2.05, 4.69) is 0 Å². The number of ether oxygens (including phenoxy) is 2. The molecular weight excluding hydrogens is 196 g/mol. The molecule has 0 radical (unpaired) electrons. The summed E-state index contributed by atoms with van der Waals surface area (Å²) >= 11 is 0. The quantitative estimate of drug-likeness (QED) is 0.511. The third-order valence-electron chi connectivity index (χ3n) is 2.71. The van der Waals surface area contributed by atoms with Crippen molar-refractivity contribution in [3.05, 3.63) is 11.6 Å². The second-order valence-corrected chi connectivity index (χ2v) is 4.13. The average Bonchev–Trinajstić information content (AvgIpc) is 2.99. The fourth-order valence-electron chi connectivity index (χ4n) is 1.61. The summed E-state index contributed by atoms with van der Waals surface area (Å²) in [5, 5.41) is 8.71. The summed E-state index contributed by atoms with van der Waals surface area (Å²) in [6, 6.07) is 0. The molecule has 2 rings (SSSR count). The highest BCUT2D eigenvalue weighted by Gasteiger charge is 2.24. The molecule has 0 aliphatic carbocycles. The van der Waals surface area contributed by atoms with E-state index in [1.165, 1.54) is 6.08 Å². The molecular formula is C11H16O4. The molecule has 2 aliphatic heterocycles. The first-order chi connectivity index (χ1) is 7.24. The Kier molecular flexibility index (Phi) is 3.38. The third-order valence-corrected chi connectivity index (χ3v) is 2.71. The van der Waals surface area contributed by atoms with Gasteiger partial charge in [0.1, 0.15) is 0 Å². The van der Waals surface area contributed by atoms with Crippen molar-refractivity contribution in [2.24, 2.45) is 0 Å². The second kappa shape index (κ2) is 4.77. The van der Waals surface area contributed by atoms with Crippen LogP contribution in [0.25, 0.3) is 0 Å². The van der Waals surface area contributed by atoms with Crippen LogP contribution >= 0.6 is 0 Å². The molecule has 0 bridgehead atoms. The summed E-state index contributed by atoms with van der Waals surface area (Å²) in [5.41, 5.74) is 1.01. The molecule has 4 nitrogen and oxygen atoms in total. The molecule has 15 heavy (non-hydrogen) atoms.